The number of amides is 1. The molecule has 3 heteroatoms. The molecule has 128 valence electrons. The lowest BCUT2D eigenvalue weighted by Gasteiger charge is -2.11. The fourth-order valence-electron chi connectivity index (χ4n) is 3.73. The van der Waals surface area contributed by atoms with Crippen molar-refractivity contribution in [1.29, 1.82) is 0 Å². The maximum absolute atomic E-state index is 12.4. The first-order valence-corrected chi connectivity index (χ1v) is 9.09. The van der Waals surface area contributed by atoms with Gasteiger partial charge in [0.05, 0.1) is 0 Å². The van der Waals surface area contributed by atoms with Crippen molar-refractivity contribution in [2.45, 2.75) is 46.1 Å². The van der Waals surface area contributed by atoms with Crippen LogP contribution >= 0.6 is 0 Å². The van der Waals surface area contributed by atoms with Gasteiger partial charge < -0.3 is 10.3 Å². The van der Waals surface area contributed by atoms with Gasteiger partial charge in [-0.25, -0.2) is 0 Å². The molecule has 4 rings (SSSR count). The third kappa shape index (κ3) is 3.07. The van der Waals surface area contributed by atoms with E-state index in [-0.39, 0.29) is 5.91 Å². The van der Waals surface area contributed by atoms with E-state index in [0.717, 1.165) is 29.5 Å². The van der Waals surface area contributed by atoms with E-state index in [2.05, 4.69) is 35.4 Å². The highest BCUT2D eigenvalue weighted by molar-refractivity contribution is 5.94. The molecule has 25 heavy (non-hydrogen) atoms. The van der Waals surface area contributed by atoms with Gasteiger partial charge in [-0.15, -0.1) is 0 Å². The molecular weight excluding hydrogens is 308 g/mol. The quantitative estimate of drug-likeness (QED) is 0.724. The number of aromatic amines is 1. The van der Waals surface area contributed by atoms with Crippen LogP contribution in [0.1, 0.15) is 51.1 Å². The zero-order valence-corrected chi connectivity index (χ0v) is 14.9. The molecule has 3 nitrogen and oxygen atoms in total. The number of carbonyl (C=O) groups excluding carboxylic acids is 1. The second-order valence-corrected chi connectivity index (χ2v) is 7.15. The lowest BCUT2D eigenvalue weighted by atomic mass is 9.95. The molecular formula is C22H24N2O. The summed E-state index contributed by atoms with van der Waals surface area (Å²) in [6.45, 7) is 4.65. The molecule has 0 fully saturated rings. The van der Waals surface area contributed by atoms with Crippen molar-refractivity contribution in [2.24, 2.45) is 0 Å². The van der Waals surface area contributed by atoms with Gasteiger partial charge >= 0.3 is 0 Å². The van der Waals surface area contributed by atoms with Crippen molar-refractivity contribution >= 4 is 16.8 Å². The number of hydrogen-bond donors (Lipinski definition) is 2. The molecule has 0 bridgehead atoms. The Hall–Kier alpha value is -2.55. The van der Waals surface area contributed by atoms with Crippen molar-refractivity contribution in [3.63, 3.8) is 0 Å². The predicted molar refractivity (Wildman–Crippen MR) is 102 cm³/mol. The summed E-state index contributed by atoms with van der Waals surface area (Å²) in [5.74, 6) is -0.0145. The number of aromatic nitrogens is 1. The number of carbonyl (C=O) groups is 1. The molecule has 1 amide bonds. The Kier molecular flexibility index (Phi) is 4.08. The van der Waals surface area contributed by atoms with Gasteiger partial charge in [0.25, 0.3) is 5.91 Å². The van der Waals surface area contributed by atoms with Crippen molar-refractivity contribution in [2.75, 3.05) is 0 Å². The number of aryl methyl sites for hydroxylation is 4. The van der Waals surface area contributed by atoms with E-state index < -0.39 is 0 Å². The predicted octanol–water partition coefficient (Wildman–Crippen LogP) is 4.59. The summed E-state index contributed by atoms with van der Waals surface area (Å²) in [7, 11) is 0. The van der Waals surface area contributed by atoms with Gasteiger partial charge in [0.1, 0.15) is 0 Å². The van der Waals surface area contributed by atoms with Gasteiger partial charge in [-0.2, -0.15) is 0 Å². The largest absolute Gasteiger partial charge is 0.358 e. The van der Waals surface area contributed by atoms with Crippen LogP contribution in [0.25, 0.3) is 10.9 Å². The van der Waals surface area contributed by atoms with Crippen molar-refractivity contribution < 1.29 is 4.79 Å². The number of fused-ring (bicyclic) bond motifs is 3. The van der Waals surface area contributed by atoms with Crippen LogP contribution in [-0.4, -0.2) is 10.9 Å². The Morgan fingerprint density at radius 2 is 1.88 bits per heavy atom. The van der Waals surface area contributed by atoms with Crippen LogP contribution in [-0.2, 0) is 19.4 Å². The SMILES string of the molecule is Cc1ccc(C(=O)NCc2ccc3[nH]c4c(c3c2)CCCC4)cc1C. The van der Waals surface area contributed by atoms with E-state index in [1.807, 2.05) is 25.1 Å². The van der Waals surface area contributed by atoms with Gasteiger partial charge in [0, 0.05) is 28.7 Å². The standard InChI is InChI=1S/C22H24N2O/c1-14-7-9-17(11-15(14)2)22(25)23-13-16-8-10-21-19(12-16)18-5-3-4-6-20(18)24-21/h7-12,24H,3-6,13H2,1-2H3,(H,23,25). The number of H-pyrrole nitrogens is 1. The van der Waals surface area contributed by atoms with Crippen LogP contribution in [0, 0.1) is 13.8 Å². The topological polar surface area (TPSA) is 44.9 Å². The molecule has 0 unspecified atom stereocenters. The summed E-state index contributed by atoms with van der Waals surface area (Å²) in [4.78, 5) is 16.0. The minimum atomic E-state index is -0.0145. The molecule has 1 aromatic heterocycles. The zero-order chi connectivity index (χ0) is 17.4. The number of benzene rings is 2. The maximum Gasteiger partial charge on any atom is 0.251 e. The highest BCUT2D eigenvalue weighted by Gasteiger charge is 2.15. The lowest BCUT2D eigenvalue weighted by Crippen LogP contribution is -2.22. The van der Waals surface area contributed by atoms with Crippen LogP contribution < -0.4 is 5.32 Å². The molecule has 1 aliphatic rings. The van der Waals surface area contributed by atoms with Gasteiger partial charge in [0.2, 0.25) is 0 Å². The molecule has 0 spiro atoms. The molecule has 2 N–H and O–H groups in total. The van der Waals surface area contributed by atoms with E-state index in [4.69, 9.17) is 0 Å². The Balaban J connectivity index is 1.52. The average molecular weight is 332 g/mol. The number of nitrogens with one attached hydrogen (secondary N) is 2. The third-order valence-electron chi connectivity index (χ3n) is 5.38. The highest BCUT2D eigenvalue weighted by Crippen LogP contribution is 2.29. The molecule has 0 saturated carbocycles. The number of rotatable bonds is 3. The first-order valence-electron chi connectivity index (χ1n) is 9.09. The second-order valence-electron chi connectivity index (χ2n) is 7.15. The lowest BCUT2D eigenvalue weighted by molar-refractivity contribution is 0.0951. The fraction of sp³-hybridized carbons (Fsp3) is 0.318. The monoisotopic (exact) mass is 332 g/mol. The second kappa shape index (κ2) is 6.40. The molecule has 3 aromatic rings. The van der Waals surface area contributed by atoms with Crippen molar-refractivity contribution in [3.8, 4) is 0 Å². The summed E-state index contributed by atoms with van der Waals surface area (Å²) < 4.78 is 0. The molecule has 1 heterocycles. The van der Waals surface area contributed by atoms with Gasteiger partial charge in [-0.1, -0.05) is 12.1 Å². The third-order valence-corrected chi connectivity index (χ3v) is 5.38. The summed E-state index contributed by atoms with van der Waals surface area (Å²) in [5.41, 5.74) is 8.32. The van der Waals surface area contributed by atoms with E-state index in [0.29, 0.717) is 6.54 Å². The molecule has 0 saturated heterocycles. The van der Waals surface area contributed by atoms with Crippen molar-refractivity contribution in [3.05, 3.63) is 69.9 Å². The van der Waals surface area contributed by atoms with Crippen LogP contribution in [0.15, 0.2) is 36.4 Å². The van der Waals surface area contributed by atoms with Gasteiger partial charge in [-0.3, -0.25) is 4.79 Å². The van der Waals surface area contributed by atoms with E-state index in [1.54, 1.807) is 0 Å². The zero-order valence-electron chi connectivity index (χ0n) is 14.9. The Labute approximate surface area is 148 Å². The molecule has 0 aliphatic heterocycles. The first kappa shape index (κ1) is 15.9. The molecule has 1 aliphatic carbocycles. The minimum absolute atomic E-state index is 0.0145. The molecule has 0 radical (unpaired) electrons. The maximum atomic E-state index is 12.4. The van der Waals surface area contributed by atoms with E-state index >= 15 is 0 Å². The van der Waals surface area contributed by atoms with Crippen LogP contribution in [0.2, 0.25) is 0 Å². The smallest absolute Gasteiger partial charge is 0.251 e. The van der Waals surface area contributed by atoms with Crippen molar-refractivity contribution in [1.82, 2.24) is 10.3 Å². The van der Waals surface area contributed by atoms with E-state index in [9.17, 15) is 4.79 Å². The highest BCUT2D eigenvalue weighted by atomic mass is 16.1. The molecule has 2 aromatic carbocycles. The van der Waals surface area contributed by atoms with Gasteiger partial charge in [-0.05, 0) is 86.1 Å². The Morgan fingerprint density at radius 1 is 1.04 bits per heavy atom. The average Bonchev–Trinajstić information content (AvgIpc) is 3.00. The van der Waals surface area contributed by atoms with Gasteiger partial charge in [0.15, 0.2) is 0 Å². The summed E-state index contributed by atoms with van der Waals surface area (Å²) in [6, 6.07) is 12.3. The summed E-state index contributed by atoms with van der Waals surface area (Å²) >= 11 is 0. The summed E-state index contributed by atoms with van der Waals surface area (Å²) in [6.07, 6.45) is 4.86. The summed E-state index contributed by atoms with van der Waals surface area (Å²) in [5, 5.41) is 4.38. The molecule has 0 atom stereocenters. The number of hydrogen-bond acceptors (Lipinski definition) is 1. The fourth-order valence-corrected chi connectivity index (χ4v) is 3.73. The van der Waals surface area contributed by atoms with Crippen LogP contribution in [0.3, 0.4) is 0 Å². The van der Waals surface area contributed by atoms with E-state index in [1.165, 1.54) is 40.6 Å². The normalized spacial score (nSPS) is 13.7. The Bertz CT molecular complexity index is 952. The van der Waals surface area contributed by atoms with Crippen LogP contribution in [0.5, 0.6) is 0 Å². The Morgan fingerprint density at radius 3 is 2.72 bits per heavy atom. The first-order chi connectivity index (χ1) is 12.1. The minimum Gasteiger partial charge on any atom is -0.358 e. The van der Waals surface area contributed by atoms with Crippen LogP contribution in [0.4, 0.5) is 0 Å².